The van der Waals surface area contributed by atoms with Gasteiger partial charge in [-0.15, -0.1) is 0 Å². The Balaban J connectivity index is 3.08. The van der Waals surface area contributed by atoms with Crippen LogP contribution in [0.5, 0.6) is 0 Å². The third-order valence-corrected chi connectivity index (χ3v) is 10.4. The molecule has 1 aromatic carbocycles. The highest BCUT2D eigenvalue weighted by Gasteiger charge is 2.31. The number of allylic oxidation sites excluding steroid dienone is 2. The summed E-state index contributed by atoms with van der Waals surface area (Å²) in [5.41, 5.74) is 4.06. The van der Waals surface area contributed by atoms with Crippen molar-refractivity contribution in [2.45, 2.75) is 71.1 Å². The largest absolute Gasteiger partial charge is 0.0958 e. The maximum absolute atomic E-state index is 4.27. The van der Waals surface area contributed by atoms with Gasteiger partial charge >= 0.3 is 0 Å². The molecule has 0 unspecified atom stereocenters. The van der Waals surface area contributed by atoms with Crippen molar-refractivity contribution >= 4 is 14.1 Å². The van der Waals surface area contributed by atoms with Crippen LogP contribution in [0.25, 0.3) is 6.08 Å². The van der Waals surface area contributed by atoms with Crippen molar-refractivity contribution in [3.8, 4) is 0 Å². The molecule has 0 atom stereocenters. The Labute approximate surface area is 139 Å². The zero-order valence-corrected chi connectivity index (χ0v) is 16.1. The molecular formula is C21H34Si. The summed E-state index contributed by atoms with van der Waals surface area (Å²) in [6, 6.07) is 16.4. The van der Waals surface area contributed by atoms with Gasteiger partial charge in [0.05, 0.1) is 8.07 Å². The van der Waals surface area contributed by atoms with Crippen molar-refractivity contribution in [3.63, 3.8) is 0 Å². The van der Waals surface area contributed by atoms with Gasteiger partial charge in [0.15, 0.2) is 0 Å². The monoisotopic (exact) mass is 314 g/mol. The maximum atomic E-state index is 4.27. The van der Waals surface area contributed by atoms with Gasteiger partial charge in [-0.2, -0.15) is 0 Å². The van der Waals surface area contributed by atoms with E-state index < -0.39 is 8.07 Å². The van der Waals surface area contributed by atoms with Crippen LogP contribution in [0, 0.1) is 0 Å². The third-order valence-electron chi connectivity index (χ3n) is 4.60. The Hall–Kier alpha value is -1.08. The minimum absolute atomic E-state index is 1.20. The van der Waals surface area contributed by atoms with Crippen LogP contribution in [0.15, 0.2) is 48.1 Å². The lowest BCUT2D eigenvalue weighted by atomic mass is 10.1. The molecule has 0 aliphatic rings. The molecule has 0 heterocycles. The molecule has 122 valence electrons. The van der Waals surface area contributed by atoms with Gasteiger partial charge in [-0.25, -0.2) is 0 Å². The zero-order chi connectivity index (χ0) is 16.4. The van der Waals surface area contributed by atoms with Crippen LogP contribution in [0.1, 0.15) is 52.5 Å². The Morgan fingerprint density at radius 2 is 1.45 bits per heavy atom. The molecule has 0 bridgehead atoms. The van der Waals surface area contributed by atoms with Crippen LogP contribution in [-0.4, -0.2) is 8.07 Å². The standard InChI is InChI=1S/C21H34Si/c1-6-14-22(15-7-2,16-8-3)18-21(19(4)5)17-20-12-10-9-11-13-20/h9-13,17H,4,6-8,14-16,18H2,1-3,5H3/b21-17+. The smallest absolute Gasteiger partial charge is 0.0579 e. The second-order valence-electron chi connectivity index (χ2n) is 6.79. The van der Waals surface area contributed by atoms with Crippen molar-refractivity contribution in [2.24, 2.45) is 0 Å². The highest BCUT2D eigenvalue weighted by atomic mass is 28.3. The van der Waals surface area contributed by atoms with Crippen LogP contribution in [0.4, 0.5) is 0 Å². The molecule has 1 heteroatoms. The number of hydrogen-bond donors (Lipinski definition) is 0. The van der Waals surface area contributed by atoms with Crippen LogP contribution in [-0.2, 0) is 0 Å². The van der Waals surface area contributed by atoms with E-state index in [0.717, 1.165) is 0 Å². The number of hydrogen-bond acceptors (Lipinski definition) is 0. The fourth-order valence-corrected chi connectivity index (χ4v) is 9.38. The minimum atomic E-state index is -1.20. The molecule has 0 N–H and O–H groups in total. The lowest BCUT2D eigenvalue weighted by Crippen LogP contribution is -2.34. The molecule has 0 radical (unpaired) electrons. The molecule has 1 rings (SSSR count). The summed E-state index contributed by atoms with van der Waals surface area (Å²) in [7, 11) is -1.20. The molecule has 22 heavy (non-hydrogen) atoms. The number of rotatable bonds is 10. The van der Waals surface area contributed by atoms with Crippen molar-refractivity contribution in [1.29, 1.82) is 0 Å². The maximum Gasteiger partial charge on any atom is 0.0579 e. The van der Waals surface area contributed by atoms with Gasteiger partial charge < -0.3 is 0 Å². The van der Waals surface area contributed by atoms with E-state index in [-0.39, 0.29) is 0 Å². The first-order chi connectivity index (χ1) is 10.6. The SMILES string of the molecule is C=C(C)/C(=C/c1ccccc1)C[Si](CCC)(CCC)CCC. The molecular weight excluding hydrogens is 280 g/mol. The predicted molar refractivity (Wildman–Crippen MR) is 105 cm³/mol. The van der Waals surface area contributed by atoms with E-state index in [9.17, 15) is 0 Å². The molecule has 0 fully saturated rings. The summed E-state index contributed by atoms with van der Waals surface area (Å²) in [5, 5.41) is 0. The van der Waals surface area contributed by atoms with E-state index in [1.807, 2.05) is 0 Å². The summed E-state index contributed by atoms with van der Waals surface area (Å²) < 4.78 is 0. The fraction of sp³-hybridized carbons (Fsp3) is 0.524. The minimum Gasteiger partial charge on any atom is -0.0958 e. The lowest BCUT2D eigenvalue weighted by molar-refractivity contribution is 0.913. The van der Waals surface area contributed by atoms with Crippen LogP contribution >= 0.6 is 0 Å². The molecule has 0 saturated carbocycles. The van der Waals surface area contributed by atoms with Crippen molar-refractivity contribution < 1.29 is 0 Å². The molecule has 0 nitrogen and oxygen atoms in total. The molecule has 0 aliphatic carbocycles. The van der Waals surface area contributed by atoms with Gasteiger partial charge in [-0.05, 0) is 24.1 Å². The van der Waals surface area contributed by atoms with Gasteiger partial charge in [0.2, 0.25) is 0 Å². The van der Waals surface area contributed by atoms with Gasteiger partial charge in [0, 0.05) is 0 Å². The molecule has 0 aromatic heterocycles. The first kappa shape index (κ1) is 19.0. The van der Waals surface area contributed by atoms with Crippen LogP contribution in [0.2, 0.25) is 24.2 Å². The zero-order valence-electron chi connectivity index (χ0n) is 15.1. The fourth-order valence-electron chi connectivity index (χ4n) is 3.71. The normalized spacial score (nSPS) is 12.5. The Morgan fingerprint density at radius 3 is 1.86 bits per heavy atom. The van der Waals surface area contributed by atoms with Crippen molar-refractivity contribution in [2.75, 3.05) is 0 Å². The van der Waals surface area contributed by atoms with E-state index in [0.29, 0.717) is 0 Å². The quantitative estimate of drug-likeness (QED) is 0.313. The Morgan fingerprint density at radius 1 is 0.955 bits per heavy atom. The van der Waals surface area contributed by atoms with E-state index in [2.05, 4.69) is 70.7 Å². The Kier molecular flexibility index (Phi) is 8.48. The van der Waals surface area contributed by atoms with E-state index in [4.69, 9.17) is 0 Å². The first-order valence-corrected chi connectivity index (χ1v) is 11.8. The third kappa shape index (κ3) is 5.96. The van der Waals surface area contributed by atoms with Crippen molar-refractivity contribution in [3.05, 3.63) is 53.6 Å². The van der Waals surface area contributed by atoms with Gasteiger partial charge in [0.25, 0.3) is 0 Å². The molecule has 0 saturated heterocycles. The van der Waals surface area contributed by atoms with E-state index in [1.165, 1.54) is 60.1 Å². The summed E-state index contributed by atoms with van der Waals surface area (Å²) in [4.78, 5) is 0. The predicted octanol–water partition coefficient (Wildman–Crippen LogP) is 7.32. The second-order valence-corrected chi connectivity index (χ2v) is 11.6. The first-order valence-electron chi connectivity index (χ1n) is 8.98. The second kappa shape index (κ2) is 9.84. The summed E-state index contributed by atoms with van der Waals surface area (Å²) in [6.07, 6.45) is 6.38. The summed E-state index contributed by atoms with van der Waals surface area (Å²) in [5.74, 6) is 0. The van der Waals surface area contributed by atoms with Crippen molar-refractivity contribution in [1.82, 2.24) is 0 Å². The molecule has 0 spiro atoms. The van der Waals surface area contributed by atoms with Crippen LogP contribution < -0.4 is 0 Å². The highest BCUT2D eigenvalue weighted by Crippen LogP contribution is 2.35. The van der Waals surface area contributed by atoms with Crippen LogP contribution in [0.3, 0.4) is 0 Å². The molecule has 1 aromatic rings. The lowest BCUT2D eigenvalue weighted by Gasteiger charge is -2.33. The average molecular weight is 315 g/mol. The summed E-state index contributed by atoms with van der Waals surface area (Å²) in [6.45, 7) is 13.5. The van der Waals surface area contributed by atoms with E-state index >= 15 is 0 Å². The van der Waals surface area contributed by atoms with Gasteiger partial charge in [0.1, 0.15) is 0 Å². The van der Waals surface area contributed by atoms with E-state index in [1.54, 1.807) is 0 Å². The van der Waals surface area contributed by atoms with Gasteiger partial charge in [-0.1, -0.05) is 107 Å². The van der Waals surface area contributed by atoms with Gasteiger partial charge in [-0.3, -0.25) is 0 Å². The molecule has 0 amide bonds. The Bertz CT molecular complexity index is 453. The topological polar surface area (TPSA) is 0 Å². The highest BCUT2D eigenvalue weighted by molar-refractivity contribution is 6.80. The molecule has 0 aliphatic heterocycles. The number of benzene rings is 1. The summed E-state index contributed by atoms with van der Waals surface area (Å²) >= 11 is 0. The average Bonchev–Trinajstić information content (AvgIpc) is 2.48.